The smallest absolute Gasteiger partial charge is 0.187 e. The summed E-state index contributed by atoms with van der Waals surface area (Å²) in [5.41, 5.74) is 0. The zero-order chi connectivity index (χ0) is 33.3. The standard InChI is InChI=1S/C24H42O21/c25-1-5(29)17-20(14(35)21(38)42-17)45-24-16(37)19(11(32)8(4-28)41-24)44-23-15(36)18(10(31)7(3-27)40-23)43-22-13(34)12(33)9(30)6(2-26)39-22/h5-38H,1-4H2/t5-,6-,7-,8-,9+,10+,11+,12+,13-,14-,15-,16-,17+,18+,19+,20-,21?,22+,23+,24+/m1/s1. The van der Waals surface area contributed by atoms with E-state index < -0.39 is 149 Å². The van der Waals surface area contributed by atoms with Crippen LogP contribution in [0.3, 0.4) is 0 Å². The normalized spacial score (nSPS) is 51.7. The van der Waals surface area contributed by atoms with E-state index in [0.717, 1.165) is 0 Å². The molecule has 4 fully saturated rings. The van der Waals surface area contributed by atoms with Gasteiger partial charge in [-0.05, 0) is 0 Å². The van der Waals surface area contributed by atoms with Gasteiger partial charge in [-0.1, -0.05) is 0 Å². The molecule has 0 aromatic carbocycles. The number of rotatable bonds is 11. The quantitative estimate of drug-likeness (QED) is 0.0973. The van der Waals surface area contributed by atoms with E-state index in [4.69, 9.17) is 33.2 Å². The molecule has 20 atom stereocenters. The minimum absolute atomic E-state index is 0.813. The molecule has 4 heterocycles. The second-order valence-electron chi connectivity index (χ2n) is 11.1. The molecule has 0 radical (unpaired) electrons. The largest absolute Gasteiger partial charge is 0.394 e. The van der Waals surface area contributed by atoms with Gasteiger partial charge in [-0.3, -0.25) is 0 Å². The van der Waals surface area contributed by atoms with Crippen LogP contribution in [0.5, 0.6) is 0 Å². The summed E-state index contributed by atoms with van der Waals surface area (Å²) >= 11 is 0. The van der Waals surface area contributed by atoms with Gasteiger partial charge in [-0.15, -0.1) is 0 Å². The molecule has 1 unspecified atom stereocenters. The molecule has 0 spiro atoms. The van der Waals surface area contributed by atoms with Crippen molar-refractivity contribution in [2.45, 2.75) is 123 Å². The second kappa shape index (κ2) is 15.6. The molecule has 0 aliphatic carbocycles. The lowest BCUT2D eigenvalue weighted by Crippen LogP contribution is -2.67. The Balaban J connectivity index is 1.53. The fraction of sp³-hybridized carbons (Fsp3) is 1.00. The van der Waals surface area contributed by atoms with Crippen LogP contribution in [0, 0.1) is 0 Å². The Morgan fingerprint density at radius 1 is 0.444 bits per heavy atom. The molecular formula is C24H42O21. The predicted molar refractivity (Wildman–Crippen MR) is 134 cm³/mol. The van der Waals surface area contributed by atoms with Crippen LogP contribution in [0.2, 0.25) is 0 Å². The molecule has 0 saturated carbocycles. The van der Waals surface area contributed by atoms with Crippen molar-refractivity contribution < 1.29 is 105 Å². The summed E-state index contributed by atoms with van der Waals surface area (Å²) in [5, 5.41) is 143. The van der Waals surface area contributed by atoms with Crippen molar-refractivity contribution in [1.82, 2.24) is 0 Å². The molecule has 4 rings (SSSR count). The molecule has 45 heavy (non-hydrogen) atoms. The van der Waals surface area contributed by atoms with Gasteiger partial charge in [-0.25, -0.2) is 0 Å². The summed E-state index contributed by atoms with van der Waals surface area (Å²) in [6.07, 6.45) is -35.7. The Hall–Kier alpha value is -0.840. The summed E-state index contributed by atoms with van der Waals surface area (Å²) in [7, 11) is 0. The fourth-order valence-corrected chi connectivity index (χ4v) is 5.54. The van der Waals surface area contributed by atoms with Crippen molar-refractivity contribution in [3.05, 3.63) is 0 Å². The van der Waals surface area contributed by atoms with Crippen molar-refractivity contribution in [2.75, 3.05) is 26.4 Å². The third kappa shape index (κ3) is 7.44. The van der Waals surface area contributed by atoms with Crippen molar-refractivity contribution >= 4 is 0 Å². The Morgan fingerprint density at radius 3 is 1.27 bits per heavy atom. The Bertz CT molecular complexity index is 916. The summed E-state index contributed by atoms with van der Waals surface area (Å²) in [5.74, 6) is 0. The Labute approximate surface area is 254 Å². The Kier molecular flexibility index (Phi) is 12.8. The highest BCUT2D eigenvalue weighted by Crippen LogP contribution is 2.34. The molecular weight excluding hydrogens is 624 g/mol. The van der Waals surface area contributed by atoms with Crippen LogP contribution in [0.4, 0.5) is 0 Å². The van der Waals surface area contributed by atoms with Gasteiger partial charge in [0.1, 0.15) is 97.7 Å². The van der Waals surface area contributed by atoms with Crippen molar-refractivity contribution in [3.8, 4) is 0 Å². The zero-order valence-electron chi connectivity index (χ0n) is 23.5. The van der Waals surface area contributed by atoms with Gasteiger partial charge in [0.05, 0.1) is 26.4 Å². The van der Waals surface area contributed by atoms with Crippen LogP contribution >= 0.6 is 0 Å². The van der Waals surface area contributed by atoms with E-state index in [-0.39, 0.29) is 0 Å². The molecule has 264 valence electrons. The monoisotopic (exact) mass is 666 g/mol. The third-order valence-electron chi connectivity index (χ3n) is 8.18. The van der Waals surface area contributed by atoms with Crippen LogP contribution < -0.4 is 0 Å². The molecule has 21 heteroatoms. The van der Waals surface area contributed by atoms with Crippen molar-refractivity contribution in [2.24, 2.45) is 0 Å². The average Bonchev–Trinajstić information content (AvgIpc) is 3.31. The van der Waals surface area contributed by atoms with Crippen molar-refractivity contribution in [1.29, 1.82) is 0 Å². The molecule has 4 aliphatic heterocycles. The maximum absolute atomic E-state index is 11.1. The minimum Gasteiger partial charge on any atom is -0.394 e. The molecule has 0 bridgehead atoms. The van der Waals surface area contributed by atoms with Crippen molar-refractivity contribution in [3.63, 3.8) is 0 Å². The maximum Gasteiger partial charge on any atom is 0.187 e. The van der Waals surface area contributed by atoms with E-state index in [1.165, 1.54) is 0 Å². The van der Waals surface area contributed by atoms with Gasteiger partial charge < -0.3 is 105 Å². The molecule has 0 amide bonds. The van der Waals surface area contributed by atoms with Crippen LogP contribution in [0.15, 0.2) is 0 Å². The number of aliphatic hydroxyl groups excluding tert-OH is 14. The lowest BCUT2D eigenvalue weighted by atomic mass is 9.96. The lowest BCUT2D eigenvalue weighted by molar-refractivity contribution is -0.383. The predicted octanol–water partition coefficient (Wildman–Crippen LogP) is -9.75. The van der Waals surface area contributed by atoms with Crippen LogP contribution in [0.25, 0.3) is 0 Å². The summed E-state index contributed by atoms with van der Waals surface area (Å²) in [4.78, 5) is 0. The molecule has 0 aromatic rings. The first-order valence-electron chi connectivity index (χ1n) is 14.1. The van der Waals surface area contributed by atoms with E-state index in [0.29, 0.717) is 0 Å². The minimum atomic E-state index is -2.05. The van der Waals surface area contributed by atoms with E-state index in [9.17, 15) is 71.5 Å². The first-order valence-corrected chi connectivity index (χ1v) is 14.1. The fourth-order valence-electron chi connectivity index (χ4n) is 5.54. The highest BCUT2D eigenvalue weighted by atomic mass is 16.8. The van der Waals surface area contributed by atoms with E-state index in [1.54, 1.807) is 0 Å². The topological polar surface area (TPSA) is 348 Å². The summed E-state index contributed by atoms with van der Waals surface area (Å²) in [6.45, 7) is -3.48. The van der Waals surface area contributed by atoms with Gasteiger partial charge in [-0.2, -0.15) is 0 Å². The highest BCUT2D eigenvalue weighted by molar-refractivity contribution is 4.98. The first-order chi connectivity index (χ1) is 21.3. The number of hydrogen-bond donors (Lipinski definition) is 14. The zero-order valence-corrected chi connectivity index (χ0v) is 23.5. The maximum atomic E-state index is 11.1. The number of ether oxygens (including phenoxy) is 7. The third-order valence-corrected chi connectivity index (χ3v) is 8.18. The van der Waals surface area contributed by atoms with Gasteiger partial charge in [0.15, 0.2) is 25.2 Å². The number of aliphatic hydroxyl groups is 14. The summed E-state index contributed by atoms with van der Waals surface area (Å²) < 4.78 is 37.7. The number of hydrogen-bond acceptors (Lipinski definition) is 21. The second-order valence-corrected chi connectivity index (χ2v) is 11.1. The van der Waals surface area contributed by atoms with E-state index in [2.05, 4.69) is 0 Å². The first kappa shape index (κ1) is 37.0. The SMILES string of the molecule is OC[C@@H](O)[C@@H]1OC(O)[C@H](O)[C@H]1O[C@@H]1O[C@H](CO)[C@H](O)[C@H](O[C@@H]2O[C@H](CO)[C@H](O)[C@H](O[C@@H]3O[C@H](CO)[C@H](O)[C@H](O)[C@H]3O)[C@H]2O)[C@H]1O. The molecule has 4 aliphatic rings. The molecule has 21 nitrogen and oxygen atoms in total. The summed E-state index contributed by atoms with van der Waals surface area (Å²) in [6, 6.07) is 0. The van der Waals surface area contributed by atoms with Crippen LogP contribution in [-0.2, 0) is 33.2 Å². The molecule has 14 N–H and O–H groups in total. The van der Waals surface area contributed by atoms with E-state index in [1.807, 2.05) is 0 Å². The molecule has 4 saturated heterocycles. The van der Waals surface area contributed by atoms with Crippen LogP contribution in [0.1, 0.15) is 0 Å². The van der Waals surface area contributed by atoms with Gasteiger partial charge in [0.2, 0.25) is 0 Å². The lowest BCUT2D eigenvalue weighted by Gasteiger charge is -2.48. The average molecular weight is 667 g/mol. The molecule has 0 aromatic heterocycles. The van der Waals surface area contributed by atoms with Gasteiger partial charge >= 0.3 is 0 Å². The van der Waals surface area contributed by atoms with E-state index >= 15 is 0 Å². The Morgan fingerprint density at radius 2 is 0.844 bits per heavy atom. The highest BCUT2D eigenvalue weighted by Gasteiger charge is 2.55. The van der Waals surface area contributed by atoms with Gasteiger partial charge in [0, 0.05) is 0 Å². The van der Waals surface area contributed by atoms with Crippen LogP contribution in [-0.4, -0.2) is 221 Å². The van der Waals surface area contributed by atoms with Gasteiger partial charge in [0.25, 0.3) is 0 Å².